The van der Waals surface area contributed by atoms with Gasteiger partial charge >= 0.3 is 0 Å². The average Bonchev–Trinajstić information content (AvgIpc) is 2.50. The van der Waals surface area contributed by atoms with Crippen molar-refractivity contribution in [3.05, 3.63) is 0 Å². The highest BCUT2D eigenvalue weighted by molar-refractivity contribution is 5.93. The zero-order valence-corrected chi connectivity index (χ0v) is 19.3. The van der Waals surface area contributed by atoms with Crippen molar-refractivity contribution in [3.63, 3.8) is 0 Å². The van der Waals surface area contributed by atoms with Crippen LogP contribution in [-0.2, 0) is 4.79 Å². The highest BCUT2D eigenvalue weighted by atomic mass is 16.1. The summed E-state index contributed by atoms with van der Waals surface area (Å²) in [6.07, 6.45) is 3.26. The van der Waals surface area contributed by atoms with Crippen molar-refractivity contribution in [3.8, 4) is 0 Å². The van der Waals surface area contributed by atoms with E-state index >= 15 is 0 Å². The van der Waals surface area contributed by atoms with Crippen molar-refractivity contribution in [2.75, 3.05) is 13.1 Å². The third-order valence-corrected chi connectivity index (χ3v) is 5.78. The zero-order valence-electron chi connectivity index (χ0n) is 19.3. The molecule has 5 N–H and O–H groups in total. The monoisotopic (exact) mass is 369 g/mol. The molecule has 0 saturated heterocycles. The lowest BCUT2D eigenvalue weighted by atomic mass is 9.66. The Bertz CT molecular complexity index is 460. The van der Waals surface area contributed by atoms with E-state index in [4.69, 9.17) is 11.5 Å². The van der Waals surface area contributed by atoms with Crippen molar-refractivity contribution >= 4 is 5.78 Å². The Morgan fingerprint density at radius 1 is 0.769 bits per heavy atom. The van der Waals surface area contributed by atoms with E-state index in [0.717, 1.165) is 25.7 Å². The smallest absolute Gasteiger partial charge is 0.158 e. The minimum atomic E-state index is -0.525. The molecule has 0 radical (unpaired) electrons. The Morgan fingerprint density at radius 2 is 1.15 bits per heavy atom. The van der Waals surface area contributed by atoms with Crippen LogP contribution in [0.1, 0.15) is 94.9 Å². The number of carbonyl (C=O) groups is 1. The molecular formula is C22H47N3O. The van der Waals surface area contributed by atoms with E-state index in [1.807, 2.05) is 0 Å². The van der Waals surface area contributed by atoms with E-state index in [1.165, 1.54) is 0 Å². The minimum Gasteiger partial charge on any atom is -0.330 e. The lowest BCUT2D eigenvalue weighted by molar-refractivity contribution is -0.137. The number of rotatable bonds is 12. The van der Waals surface area contributed by atoms with Gasteiger partial charge in [0.25, 0.3) is 0 Å². The maximum atomic E-state index is 13.7. The SMILES string of the molecule is CCC(CC)(NC(C)(C)CC(C)(C)CN)C(=O)C(C)(C)CC(C)(C)CN. The third kappa shape index (κ3) is 6.94. The number of hydrogen-bond donors (Lipinski definition) is 3. The van der Waals surface area contributed by atoms with E-state index in [1.54, 1.807) is 0 Å². The largest absolute Gasteiger partial charge is 0.330 e. The molecule has 0 spiro atoms. The molecule has 0 fully saturated rings. The van der Waals surface area contributed by atoms with Crippen LogP contribution in [0.3, 0.4) is 0 Å². The molecule has 0 aliphatic heterocycles. The predicted molar refractivity (Wildman–Crippen MR) is 114 cm³/mol. The molecule has 0 aromatic rings. The van der Waals surface area contributed by atoms with Gasteiger partial charge in [0.1, 0.15) is 0 Å². The first kappa shape index (κ1) is 25.6. The first-order valence-electron chi connectivity index (χ1n) is 10.3. The molecule has 26 heavy (non-hydrogen) atoms. The molecule has 0 aromatic carbocycles. The van der Waals surface area contributed by atoms with E-state index in [2.05, 4.69) is 74.6 Å². The van der Waals surface area contributed by atoms with Crippen molar-refractivity contribution < 1.29 is 4.79 Å². The average molecular weight is 370 g/mol. The maximum absolute atomic E-state index is 13.7. The topological polar surface area (TPSA) is 81.1 Å². The fourth-order valence-electron chi connectivity index (χ4n) is 4.76. The van der Waals surface area contributed by atoms with E-state index < -0.39 is 11.0 Å². The normalized spacial score (nSPS) is 14.6. The third-order valence-electron chi connectivity index (χ3n) is 5.78. The summed E-state index contributed by atoms with van der Waals surface area (Å²) >= 11 is 0. The summed E-state index contributed by atoms with van der Waals surface area (Å²) in [4.78, 5) is 13.7. The number of carbonyl (C=O) groups excluding carboxylic acids is 1. The number of ketones is 1. The molecule has 0 unspecified atom stereocenters. The molecule has 0 bridgehead atoms. The maximum Gasteiger partial charge on any atom is 0.158 e. The number of nitrogens with two attached hydrogens (primary N) is 2. The zero-order chi connectivity index (χ0) is 21.0. The molecule has 0 aromatic heterocycles. The Morgan fingerprint density at radius 3 is 1.50 bits per heavy atom. The standard InChI is InChI=1S/C22H47N3O/c1-11-22(12-2,25-21(9,10)14-19(5,6)16-24)17(26)20(7,8)13-18(3,4)15-23/h25H,11-16,23-24H2,1-10H3. The van der Waals surface area contributed by atoms with Crippen LogP contribution in [0.2, 0.25) is 0 Å². The molecule has 4 heteroatoms. The highest BCUT2D eigenvalue weighted by Crippen LogP contribution is 2.39. The summed E-state index contributed by atoms with van der Waals surface area (Å²) < 4.78 is 0. The van der Waals surface area contributed by atoms with Crippen molar-refractivity contribution in [1.82, 2.24) is 5.32 Å². The number of Topliss-reactive ketones (excluding diaryl/α,β-unsaturated/α-hetero) is 1. The molecule has 156 valence electrons. The van der Waals surface area contributed by atoms with E-state index in [9.17, 15) is 4.79 Å². The van der Waals surface area contributed by atoms with Gasteiger partial charge in [-0.05, 0) is 63.5 Å². The van der Waals surface area contributed by atoms with Crippen LogP contribution in [0, 0.1) is 16.2 Å². The Labute approximate surface area is 163 Å². The summed E-state index contributed by atoms with van der Waals surface area (Å²) in [5, 5.41) is 3.77. The first-order chi connectivity index (χ1) is 11.5. The molecule has 0 aliphatic rings. The summed E-state index contributed by atoms with van der Waals surface area (Å²) in [7, 11) is 0. The predicted octanol–water partition coefficient (Wildman–Crippen LogP) is 4.26. The molecule has 0 amide bonds. The lowest BCUT2D eigenvalue weighted by Gasteiger charge is -2.47. The van der Waals surface area contributed by atoms with Gasteiger partial charge in [-0.3, -0.25) is 10.1 Å². The number of nitrogens with one attached hydrogen (secondary N) is 1. The molecule has 0 rings (SSSR count). The van der Waals surface area contributed by atoms with Gasteiger partial charge in [0.2, 0.25) is 0 Å². The summed E-state index contributed by atoms with van der Waals surface area (Å²) in [6.45, 7) is 22.6. The van der Waals surface area contributed by atoms with Crippen LogP contribution in [0.15, 0.2) is 0 Å². The molecule has 0 aliphatic carbocycles. The molecule has 0 saturated carbocycles. The van der Waals surface area contributed by atoms with Crippen LogP contribution in [0.5, 0.6) is 0 Å². The van der Waals surface area contributed by atoms with Crippen LogP contribution < -0.4 is 16.8 Å². The summed E-state index contributed by atoms with van der Waals surface area (Å²) in [5.41, 5.74) is 10.7. The van der Waals surface area contributed by atoms with E-state index in [-0.39, 0.29) is 16.4 Å². The molecule has 0 atom stereocenters. The first-order valence-corrected chi connectivity index (χ1v) is 10.3. The minimum absolute atomic E-state index is 0.0316. The number of hydrogen-bond acceptors (Lipinski definition) is 4. The van der Waals surface area contributed by atoms with Crippen LogP contribution in [0.4, 0.5) is 0 Å². The van der Waals surface area contributed by atoms with Gasteiger partial charge < -0.3 is 11.5 Å². The van der Waals surface area contributed by atoms with Crippen molar-refractivity contribution in [2.45, 2.75) is 106 Å². The molecule has 4 nitrogen and oxygen atoms in total. The van der Waals surface area contributed by atoms with Gasteiger partial charge in [-0.15, -0.1) is 0 Å². The van der Waals surface area contributed by atoms with Crippen LogP contribution in [-0.4, -0.2) is 30.0 Å². The second-order valence-corrected chi connectivity index (χ2v) is 11.1. The second-order valence-electron chi connectivity index (χ2n) is 11.1. The van der Waals surface area contributed by atoms with Gasteiger partial charge in [0.15, 0.2) is 5.78 Å². The Kier molecular flexibility index (Phi) is 8.55. The fraction of sp³-hybridized carbons (Fsp3) is 0.955. The quantitative estimate of drug-likeness (QED) is 0.480. The van der Waals surface area contributed by atoms with Gasteiger partial charge in [-0.2, -0.15) is 0 Å². The molecule has 0 heterocycles. The van der Waals surface area contributed by atoms with Gasteiger partial charge in [-0.25, -0.2) is 0 Å². The van der Waals surface area contributed by atoms with Gasteiger partial charge in [0.05, 0.1) is 5.54 Å². The van der Waals surface area contributed by atoms with E-state index in [0.29, 0.717) is 18.9 Å². The van der Waals surface area contributed by atoms with Gasteiger partial charge in [0, 0.05) is 11.0 Å². The summed E-state index contributed by atoms with van der Waals surface area (Å²) in [6, 6.07) is 0. The van der Waals surface area contributed by atoms with Crippen LogP contribution >= 0.6 is 0 Å². The fourth-order valence-corrected chi connectivity index (χ4v) is 4.76. The van der Waals surface area contributed by atoms with Crippen LogP contribution in [0.25, 0.3) is 0 Å². The van der Waals surface area contributed by atoms with Crippen molar-refractivity contribution in [1.29, 1.82) is 0 Å². The van der Waals surface area contributed by atoms with Crippen molar-refractivity contribution in [2.24, 2.45) is 27.7 Å². The van der Waals surface area contributed by atoms with Gasteiger partial charge in [-0.1, -0.05) is 55.4 Å². The highest BCUT2D eigenvalue weighted by Gasteiger charge is 2.47. The Balaban J connectivity index is 5.69. The summed E-state index contributed by atoms with van der Waals surface area (Å²) in [5.74, 6) is 0.301. The Hall–Kier alpha value is -0.450. The lowest BCUT2D eigenvalue weighted by Crippen LogP contribution is -2.63. The molecular weight excluding hydrogens is 322 g/mol. The second kappa shape index (κ2) is 8.70.